The zero-order valence-electron chi connectivity index (χ0n) is 14.2. The van der Waals surface area contributed by atoms with Gasteiger partial charge in [-0.15, -0.1) is 0 Å². The van der Waals surface area contributed by atoms with Crippen LogP contribution in [-0.2, 0) is 11.8 Å². The number of para-hydroxylation sites is 1. The summed E-state index contributed by atoms with van der Waals surface area (Å²) in [6.45, 7) is 3.79. The second kappa shape index (κ2) is 8.14. The number of methoxy groups -OCH3 is 1. The molecule has 6 heteroatoms. The van der Waals surface area contributed by atoms with Crippen LogP contribution >= 0.6 is 15.9 Å². The van der Waals surface area contributed by atoms with E-state index in [1.54, 1.807) is 7.11 Å². The molecule has 1 aromatic heterocycles. The minimum atomic E-state index is 0.421. The standard InChI is InChI=1S/C18H24BrN3O2/c1-21-18(16(19)13-20-21)15-5-3-4-6-17(15)24-12-11-22-9-7-14(23-2)8-10-22/h3-6,13-14H,7-12H2,1-2H3. The first-order valence-electron chi connectivity index (χ1n) is 8.34. The maximum Gasteiger partial charge on any atom is 0.128 e. The van der Waals surface area contributed by atoms with E-state index < -0.39 is 0 Å². The first-order chi connectivity index (χ1) is 11.7. The van der Waals surface area contributed by atoms with Gasteiger partial charge < -0.3 is 9.47 Å². The average Bonchev–Trinajstić information content (AvgIpc) is 2.94. The minimum Gasteiger partial charge on any atom is -0.492 e. The van der Waals surface area contributed by atoms with Crippen molar-refractivity contribution in [1.82, 2.24) is 14.7 Å². The first kappa shape index (κ1) is 17.5. The van der Waals surface area contributed by atoms with Crippen LogP contribution < -0.4 is 4.74 Å². The second-order valence-electron chi connectivity index (χ2n) is 6.09. The summed E-state index contributed by atoms with van der Waals surface area (Å²) >= 11 is 3.57. The molecule has 0 atom stereocenters. The van der Waals surface area contributed by atoms with Crippen LogP contribution in [0.3, 0.4) is 0 Å². The van der Waals surface area contributed by atoms with Crippen molar-refractivity contribution in [1.29, 1.82) is 0 Å². The molecule has 0 unspecified atom stereocenters. The Morgan fingerprint density at radius 2 is 2.00 bits per heavy atom. The Balaban J connectivity index is 1.61. The zero-order valence-corrected chi connectivity index (χ0v) is 15.8. The predicted molar refractivity (Wildman–Crippen MR) is 98.3 cm³/mol. The maximum atomic E-state index is 6.09. The molecular weight excluding hydrogens is 370 g/mol. The number of rotatable bonds is 6. The number of ether oxygens (including phenoxy) is 2. The van der Waals surface area contributed by atoms with E-state index in [0.717, 1.165) is 54.0 Å². The van der Waals surface area contributed by atoms with Gasteiger partial charge in [-0.3, -0.25) is 9.58 Å². The van der Waals surface area contributed by atoms with Crippen LogP contribution in [-0.4, -0.2) is 54.1 Å². The number of hydrogen-bond acceptors (Lipinski definition) is 4. The summed E-state index contributed by atoms with van der Waals surface area (Å²) in [5, 5.41) is 4.30. The van der Waals surface area contributed by atoms with Crippen LogP contribution in [0.25, 0.3) is 11.3 Å². The Kier molecular flexibility index (Phi) is 5.92. The molecule has 0 saturated carbocycles. The molecule has 0 amide bonds. The Morgan fingerprint density at radius 1 is 1.25 bits per heavy atom. The van der Waals surface area contributed by atoms with Crippen molar-refractivity contribution in [2.24, 2.45) is 7.05 Å². The second-order valence-corrected chi connectivity index (χ2v) is 6.94. The third-order valence-corrected chi connectivity index (χ3v) is 5.15. The van der Waals surface area contributed by atoms with Crippen molar-refractivity contribution < 1.29 is 9.47 Å². The monoisotopic (exact) mass is 393 g/mol. The number of aryl methyl sites for hydroxylation is 1. The van der Waals surface area contributed by atoms with Crippen LogP contribution in [0.2, 0.25) is 0 Å². The van der Waals surface area contributed by atoms with Crippen molar-refractivity contribution in [2.75, 3.05) is 33.4 Å². The Bertz CT molecular complexity index is 647. The number of aromatic nitrogens is 2. The van der Waals surface area contributed by atoms with E-state index in [1.165, 1.54) is 0 Å². The minimum absolute atomic E-state index is 0.421. The highest BCUT2D eigenvalue weighted by Gasteiger charge is 2.19. The van der Waals surface area contributed by atoms with Gasteiger partial charge in [0.05, 0.1) is 22.5 Å². The molecule has 24 heavy (non-hydrogen) atoms. The van der Waals surface area contributed by atoms with Crippen LogP contribution in [0, 0.1) is 0 Å². The SMILES string of the molecule is COC1CCN(CCOc2ccccc2-c2c(Br)cnn2C)CC1. The van der Waals surface area contributed by atoms with E-state index in [9.17, 15) is 0 Å². The number of nitrogens with zero attached hydrogens (tertiary/aromatic N) is 3. The highest BCUT2D eigenvalue weighted by atomic mass is 79.9. The fraction of sp³-hybridized carbons (Fsp3) is 0.500. The smallest absolute Gasteiger partial charge is 0.128 e. The lowest BCUT2D eigenvalue weighted by atomic mass is 10.1. The maximum absolute atomic E-state index is 6.09. The molecule has 130 valence electrons. The van der Waals surface area contributed by atoms with Crippen molar-refractivity contribution in [3.63, 3.8) is 0 Å². The van der Waals surface area contributed by atoms with Gasteiger partial charge in [0.25, 0.3) is 0 Å². The topological polar surface area (TPSA) is 39.5 Å². The fourth-order valence-electron chi connectivity index (χ4n) is 3.16. The summed E-state index contributed by atoms with van der Waals surface area (Å²) in [6, 6.07) is 8.12. The molecule has 0 radical (unpaired) electrons. The van der Waals surface area contributed by atoms with Gasteiger partial charge in [0.2, 0.25) is 0 Å². The van der Waals surface area contributed by atoms with Gasteiger partial charge in [0, 0.05) is 39.4 Å². The number of hydrogen-bond donors (Lipinski definition) is 0. The number of halogens is 1. The molecule has 2 heterocycles. The van der Waals surface area contributed by atoms with Crippen molar-refractivity contribution >= 4 is 15.9 Å². The van der Waals surface area contributed by atoms with Gasteiger partial charge in [-0.2, -0.15) is 5.10 Å². The third kappa shape index (κ3) is 3.99. The third-order valence-electron chi connectivity index (χ3n) is 4.57. The molecule has 1 aliphatic heterocycles. The summed E-state index contributed by atoms with van der Waals surface area (Å²) in [5.74, 6) is 0.897. The zero-order chi connectivity index (χ0) is 16.9. The Morgan fingerprint density at radius 3 is 2.67 bits per heavy atom. The molecular formula is C18H24BrN3O2. The van der Waals surface area contributed by atoms with Crippen molar-refractivity contribution in [2.45, 2.75) is 18.9 Å². The Labute approximate surface area is 151 Å². The molecule has 1 aliphatic rings. The molecule has 1 fully saturated rings. The van der Waals surface area contributed by atoms with Crippen molar-refractivity contribution in [3.05, 3.63) is 34.9 Å². The molecule has 3 rings (SSSR count). The van der Waals surface area contributed by atoms with Gasteiger partial charge in [0.15, 0.2) is 0 Å². The van der Waals surface area contributed by atoms with Crippen LogP contribution in [0.4, 0.5) is 0 Å². The van der Waals surface area contributed by atoms with E-state index in [0.29, 0.717) is 12.7 Å². The molecule has 1 saturated heterocycles. The van der Waals surface area contributed by atoms with Gasteiger partial charge in [-0.25, -0.2) is 0 Å². The lowest BCUT2D eigenvalue weighted by Gasteiger charge is -2.31. The quantitative estimate of drug-likeness (QED) is 0.754. The summed E-state index contributed by atoms with van der Waals surface area (Å²) in [5.41, 5.74) is 2.09. The summed E-state index contributed by atoms with van der Waals surface area (Å²) in [4.78, 5) is 2.44. The molecule has 1 aromatic carbocycles. The predicted octanol–water partition coefficient (Wildman–Crippen LogP) is 3.34. The van der Waals surface area contributed by atoms with E-state index in [2.05, 4.69) is 32.0 Å². The largest absolute Gasteiger partial charge is 0.492 e. The lowest BCUT2D eigenvalue weighted by molar-refractivity contribution is 0.0375. The molecule has 0 spiro atoms. The highest BCUT2D eigenvalue weighted by molar-refractivity contribution is 9.10. The lowest BCUT2D eigenvalue weighted by Crippen LogP contribution is -2.38. The Hall–Kier alpha value is -1.37. The molecule has 0 aliphatic carbocycles. The van der Waals surface area contributed by atoms with Crippen LogP contribution in [0.5, 0.6) is 5.75 Å². The first-order valence-corrected chi connectivity index (χ1v) is 9.13. The van der Waals surface area contributed by atoms with Crippen molar-refractivity contribution in [3.8, 4) is 17.0 Å². The van der Waals surface area contributed by atoms with Gasteiger partial charge in [0.1, 0.15) is 12.4 Å². The van der Waals surface area contributed by atoms with Crippen LogP contribution in [0.15, 0.2) is 34.9 Å². The van der Waals surface area contributed by atoms with Crippen LogP contribution in [0.1, 0.15) is 12.8 Å². The molecule has 0 N–H and O–H groups in total. The summed E-state index contributed by atoms with van der Waals surface area (Å²) in [7, 11) is 3.74. The van der Waals surface area contributed by atoms with Gasteiger partial charge in [-0.05, 0) is 40.9 Å². The summed E-state index contributed by atoms with van der Waals surface area (Å²) in [6.07, 6.45) is 4.45. The molecule has 2 aromatic rings. The highest BCUT2D eigenvalue weighted by Crippen LogP contribution is 2.34. The van der Waals surface area contributed by atoms with E-state index in [4.69, 9.17) is 9.47 Å². The van der Waals surface area contributed by atoms with E-state index >= 15 is 0 Å². The van der Waals surface area contributed by atoms with E-state index in [1.807, 2.05) is 36.1 Å². The number of likely N-dealkylation sites (tertiary alicyclic amines) is 1. The normalized spacial score (nSPS) is 16.5. The fourth-order valence-corrected chi connectivity index (χ4v) is 3.72. The summed E-state index contributed by atoms with van der Waals surface area (Å²) < 4.78 is 14.4. The number of piperidine rings is 1. The van der Waals surface area contributed by atoms with Gasteiger partial charge in [-0.1, -0.05) is 12.1 Å². The van der Waals surface area contributed by atoms with E-state index in [-0.39, 0.29) is 0 Å². The molecule has 0 bridgehead atoms. The molecule has 5 nitrogen and oxygen atoms in total. The van der Waals surface area contributed by atoms with Gasteiger partial charge >= 0.3 is 0 Å². The average molecular weight is 394 g/mol. The number of benzene rings is 1.